The van der Waals surface area contributed by atoms with Crippen LogP contribution in [0, 0.1) is 6.92 Å². The summed E-state index contributed by atoms with van der Waals surface area (Å²) in [6.07, 6.45) is 1.66. The minimum absolute atomic E-state index is 0.170. The minimum Gasteiger partial charge on any atom is -0.361 e. The molecule has 0 saturated carbocycles. The summed E-state index contributed by atoms with van der Waals surface area (Å²) in [5, 5.41) is 7.75. The highest BCUT2D eigenvalue weighted by molar-refractivity contribution is 6.30. The highest BCUT2D eigenvalue weighted by Gasteiger charge is 2.04. The second kappa shape index (κ2) is 6.18. The van der Waals surface area contributed by atoms with Gasteiger partial charge in [-0.25, -0.2) is 4.68 Å². The molecule has 0 aliphatic rings. The summed E-state index contributed by atoms with van der Waals surface area (Å²) < 4.78 is 1.45. The Labute approximate surface area is 138 Å². The van der Waals surface area contributed by atoms with Crippen molar-refractivity contribution < 1.29 is 0 Å². The maximum absolute atomic E-state index is 12.5. The molecule has 1 heterocycles. The molecule has 23 heavy (non-hydrogen) atoms. The topological polar surface area (TPSA) is 49.8 Å². The molecule has 2 N–H and O–H groups in total. The lowest BCUT2D eigenvalue weighted by Gasteiger charge is -2.00. The molecule has 0 saturated heterocycles. The monoisotopic (exact) mass is 325 g/mol. The third-order valence-electron chi connectivity index (χ3n) is 3.52. The first-order valence-corrected chi connectivity index (χ1v) is 7.52. The quantitative estimate of drug-likeness (QED) is 0.777. The van der Waals surface area contributed by atoms with Crippen LogP contribution in [0.15, 0.2) is 53.3 Å². The van der Waals surface area contributed by atoms with E-state index in [2.05, 4.69) is 17.0 Å². The van der Waals surface area contributed by atoms with Gasteiger partial charge in [-0.15, -0.1) is 0 Å². The van der Waals surface area contributed by atoms with Crippen LogP contribution in [0.5, 0.6) is 0 Å². The Balaban J connectivity index is 1.99. The van der Waals surface area contributed by atoms with Crippen LogP contribution >= 0.6 is 11.6 Å². The Morgan fingerprint density at radius 3 is 2.43 bits per heavy atom. The fourth-order valence-electron chi connectivity index (χ4n) is 2.22. The Kier molecular flexibility index (Phi) is 4.08. The van der Waals surface area contributed by atoms with Gasteiger partial charge < -0.3 is 5.32 Å². The van der Waals surface area contributed by atoms with E-state index in [4.69, 9.17) is 11.6 Å². The number of anilines is 1. The first kappa shape index (κ1) is 15.2. The van der Waals surface area contributed by atoms with Crippen molar-refractivity contribution in [3.05, 3.63) is 80.0 Å². The van der Waals surface area contributed by atoms with Crippen LogP contribution in [-0.2, 0) is 0 Å². The van der Waals surface area contributed by atoms with Crippen LogP contribution in [-0.4, -0.2) is 9.78 Å². The maximum atomic E-state index is 12.5. The molecular weight excluding hydrogens is 310 g/mol. The number of halogens is 1. The molecule has 2 aromatic carbocycles. The smallest absolute Gasteiger partial charge is 0.280 e. The van der Waals surface area contributed by atoms with Crippen molar-refractivity contribution in [3.8, 4) is 5.69 Å². The Morgan fingerprint density at radius 2 is 1.78 bits per heavy atom. The molecule has 1 aromatic heterocycles. The van der Waals surface area contributed by atoms with Crippen molar-refractivity contribution in [2.75, 3.05) is 5.32 Å². The first-order valence-electron chi connectivity index (χ1n) is 7.14. The molecule has 0 bridgehead atoms. The van der Waals surface area contributed by atoms with Gasteiger partial charge in [-0.3, -0.25) is 9.89 Å². The minimum atomic E-state index is -0.170. The van der Waals surface area contributed by atoms with Gasteiger partial charge in [0.15, 0.2) is 0 Å². The largest absolute Gasteiger partial charge is 0.361 e. The number of aromatic nitrogens is 2. The van der Waals surface area contributed by atoms with E-state index in [1.54, 1.807) is 30.5 Å². The number of aromatic amines is 1. The third kappa shape index (κ3) is 3.22. The molecule has 3 rings (SSSR count). The normalized spacial score (nSPS) is 11.7. The molecule has 3 aromatic rings. The number of nitrogens with zero attached hydrogens (tertiary/aromatic N) is 1. The van der Waals surface area contributed by atoms with Crippen molar-refractivity contribution in [1.29, 1.82) is 0 Å². The van der Waals surface area contributed by atoms with E-state index >= 15 is 0 Å². The van der Waals surface area contributed by atoms with Gasteiger partial charge in [0.05, 0.1) is 16.3 Å². The van der Waals surface area contributed by atoms with Gasteiger partial charge in [0.2, 0.25) is 0 Å². The van der Waals surface area contributed by atoms with E-state index < -0.39 is 0 Å². The Morgan fingerprint density at radius 1 is 1.13 bits per heavy atom. The molecular formula is C18H16ClN3O. The molecule has 4 nitrogen and oxygen atoms in total. The van der Waals surface area contributed by atoms with Crippen LogP contribution in [0.1, 0.15) is 5.56 Å². The van der Waals surface area contributed by atoms with E-state index in [-0.39, 0.29) is 5.56 Å². The molecule has 0 aliphatic carbocycles. The number of rotatable bonds is 3. The second-order valence-electron chi connectivity index (χ2n) is 5.28. The fourth-order valence-corrected chi connectivity index (χ4v) is 2.35. The van der Waals surface area contributed by atoms with Crippen molar-refractivity contribution >= 4 is 30.1 Å². The third-order valence-corrected chi connectivity index (χ3v) is 3.78. The van der Waals surface area contributed by atoms with Gasteiger partial charge in [-0.05, 0) is 43.3 Å². The molecule has 5 heteroatoms. The lowest BCUT2D eigenvalue weighted by atomic mass is 10.2. The van der Waals surface area contributed by atoms with Crippen molar-refractivity contribution in [3.63, 3.8) is 0 Å². The standard InChI is InChI=1S/C18H16ClN3O/c1-12-3-7-15(8-4-12)20-11-17-13(2)21-22(18(17)23)16-9-5-14(19)6-10-16/h3-11,20-21H,2H2,1H3/b17-11-. The highest BCUT2D eigenvalue weighted by atomic mass is 35.5. The van der Waals surface area contributed by atoms with Crippen LogP contribution in [0.3, 0.4) is 0 Å². The Hall–Kier alpha value is -2.72. The molecule has 0 atom stereocenters. The Bertz CT molecular complexity index is 983. The molecule has 0 aliphatic heterocycles. The van der Waals surface area contributed by atoms with Crippen molar-refractivity contribution in [1.82, 2.24) is 9.78 Å². The number of benzene rings is 2. The molecule has 0 spiro atoms. The van der Waals surface area contributed by atoms with Crippen LogP contribution in [0.4, 0.5) is 5.69 Å². The van der Waals surface area contributed by atoms with E-state index in [0.29, 0.717) is 21.3 Å². The van der Waals surface area contributed by atoms with Gasteiger partial charge in [0.1, 0.15) is 0 Å². The van der Waals surface area contributed by atoms with Gasteiger partial charge in [-0.1, -0.05) is 35.9 Å². The summed E-state index contributed by atoms with van der Waals surface area (Å²) in [7, 11) is 0. The molecule has 0 fully saturated rings. The summed E-state index contributed by atoms with van der Waals surface area (Å²) in [5.41, 5.74) is 2.63. The van der Waals surface area contributed by atoms with E-state index in [9.17, 15) is 4.79 Å². The zero-order valence-corrected chi connectivity index (χ0v) is 13.4. The van der Waals surface area contributed by atoms with E-state index in [1.807, 2.05) is 31.2 Å². The molecule has 0 unspecified atom stereocenters. The summed E-state index contributed by atoms with van der Waals surface area (Å²) in [5.74, 6) is 0. The highest BCUT2D eigenvalue weighted by Crippen LogP contribution is 2.10. The lowest BCUT2D eigenvalue weighted by molar-refractivity contribution is 0.838. The molecule has 116 valence electrons. The number of H-pyrrole nitrogens is 1. The van der Waals surface area contributed by atoms with Crippen LogP contribution in [0.25, 0.3) is 18.5 Å². The summed E-state index contributed by atoms with van der Waals surface area (Å²) in [6, 6.07) is 14.9. The number of nitrogens with one attached hydrogen (secondary N) is 2. The second-order valence-corrected chi connectivity index (χ2v) is 5.71. The van der Waals surface area contributed by atoms with Gasteiger partial charge in [-0.2, -0.15) is 0 Å². The van der Waals surface area contributed by atoms with Crippen LogP contribution in [0.2, 0.25) is 5.02 Å². The number of aryl methyl sites for hydroxylation is 1. The first-order chi connectivity index (χ1) is 11.0. The van der Waals surface area contributed by atoms with Crippen molar-refractivity contribution in [2.45, 2.75) is 6.92 Å². The van der Waals surface area contributed by atoms with E-state index in [1.165, 1.54) is 10.2 Å². The summed E-state index contributed by atoms with van der Waals surface area (Å²) >= 11 is 5.88. The zero-order chi connectivity index (χ0) is 16.4. The SMILES string of the molecule is C=c1[nH]n(-c2ccc(Cl)cc2)c(=O)/c1=C\Nc1ccc(C)cc1. The lowest BCUT2D eigenvalue weighted by Crippen LogP contribution is -2.34. The van der Waals surface area contributed by atoms with E-state index in [0.717, 1.165) is 5.69 Å². The molecule has 0 amide bonds. The average molecular weight is 326 g/mol. The predicted molar refractivity (Wildman–Crippen MR) is 95.4 cm³/mol. The zero-order valence-electron chi connectivity index (χ0n) is 12.6. The van der Waals surface area contributed by atoms with Gasteiger partial charge in [0.25, 0.3) is 5.56 Å². The van der Waals surface area contributed by atoms with Crippen LogP contribution < -0.4 is 21.4 Å². The predicted octanol–water partition coefficient (Wildman–Crippen LogP) is 2.39. The average Bonchev–Trinajstić information content (AvgIpc) is 2.82. The van der Waals surface area contributed by atoms with Crippen molar-refractivity contribution in [2.24, 2.45) is 0 Å². The summed E-state index contributed by atoms with van der Waals surface area (Å²) in [6.45, 7) is 5.92. The van der Waals surface area contributed by atoms with Gasteiger partial charge >= 0.3 is 0 Å². The summed E-state index contributed by atoms with van der Waals surface area (Å²) in [4.78, 5) is 12.5. The fraction of sp³-hybridized carbons (Fsp3) is 0.0556. The maximum Gasteiger partial charge on any atom is 0.280 e. The molecule has 0 radical (unpaired) electrons. The number of hydrogen-bond acceptors (Lipinski definition) is 2. The van der Waals surface area contributed by atoms with Gasteiger partial charge in [0, 0.05) is 16.9 Å². The number of hydrogen-bond donors (Lipinski definition) is 2.